The monoisotopic (exact) mass is 313 g/mol. The van der Waals surface area contributed by atoms with E-state index >= 15 is 0 Å². The van der Waals surface area contributed by atoms with Gasteiger partial charge < -0.3 is 5.11 Å². The smallest absolute Gasteiger partial charge is 0.338 e. The highest BCUT2D eigenvalue weighted by Gasteiger charge is 2.18. The molecule has 1 N–H and O–H groups in total. The summed E-state index contributed by atoms with van der Waals surface area (Å²) in [5.74, 6) is -1.16. The lowest BCUT2D eigenvalue weighted by molar-refractivity contribution is 0.0694. The van der Waals surface area contributed by atoms with E-state index in [2.05, 4.69) is 4.98 Å². The van der Waals surface area contributed by atoms with Crippen molar-refractivity contribution in [3.05, 3.63) is 26.6 Å². The van der Waals surface area contributed by atoms with E-state index in [0.717, 1.165) is 0 Å². The topological polar surface area (TPSA) is 50.2 Å². The SMILES string of the molecule is Cc1cc(C(=O)O)c(I)nc1C(F)F. The van der Waals surface area contributed by atoms with E-state index in [4.69, 9.17) is 5.11 Å². The first kappa shape index (κ1) is 11.3. The molecule has 0 amide bonds. The number of hydrogen-bond acceptors (Lipinski definition) is 2. The van der Waals surface area contributed by atoms with Crippen LogP contribution in [0.25, 0.3) is 0 Å². The minimum Gasteiger partial charge on any atom is -0.478 e. The van der Waals surface area contributed by atoms with Crippen molar-refractivity contribution in [3.63, 3.8) is 0 Å². The van der Waals surface area contributed by atoms with Crippen molar-refractivity contribution < 1.29 is 18.7 Å². The fourth-order valence-corrected chi connectivity index (χ4v) is 1.62. The number of carbonyl (C=O) groups is 1. The third-order valence-electron chi connectivity index (χ3n) is 1.64. The highest BCUT2D eigenvalue weighted by molar-refractivity contribution is 14.1. The summed E-state index contributed by atoms with van der Waals surface area (Å²) < 4.78 is 24.7. The van der Waals surface area contributed by atoms with Crippen molar-refractivity contribution >= 4 is 28.6 Å². The van der Waals surface area contributed by atoms with Crippen LogP contribution in [0.15, 0.2) is 6.07 Å². The predicted octanol–water partition coefficient (Wildman–Crippen LogP) is 2.63. The Bertz CT molecular complexity index is 382. The maximum absolute atomic E-state index is 12.3. The van der Waals surface area contributed by atoms with Crippen molar-refractivity contribution in [2.24, 2.45) is 0 Å². The van der Waals surface area contributed by atoms with Crippen molar-refractivity contribution in [3.8, 4) is 0 Å². The van der Waals surface area contributed by atoms with Crippen LogP contribution in [0.2, 0.25) is 0 Å². The first-order chi connectivity index (χ1) is 6.43. The van der Waals surface area contributed by atoms with Crippen LogP contribution in [-0.2, 0) is 0 Å². The molecule has 0 saturated heterocycles. The molecule has 0 aliphatic carbocycles. The molecule has 0 aromatic carbocycles. The van der Waals surface area contributed by atoms with Crippen molar-refractivity contribution in [2.75, 3.05) is 0 Å². The van der Waals surface area contributed by atoms with E-state index in [9.17, 15) is 13.6 Å². The number of carboxylic acid groups (broad SMARTS) is 1. The van der Waals surface area contributed by atoms with Gasteiger partial charge in [-0.05, 0) is 41.1 Å². The van der Waals surface area contributed by atoms with Crippen LogP contribution in [0.1, 0.15) is 28.0 Å². The molecule has 0 radical (unpaired) electrons. The summed E-state index contributed by atoms with van der Waals surface area (Å²) in [6.45, 7) is 1.41. The molecule has 0 atom stereocenters. The van der Waals surface area contributed by atoms with Crippen LogP contribution in [0, 0.1) is 10.6 Å². The lowest BCUT2D eigenvalue weighted by Crippen LogP contribution is -2.06. The molecule has 0 unspecified atom stereocenters. The zero-order chi connectivity index (χ0) is 10.9. The summed E-state index contributed by atoms with van der Waals surface area (Å²) in [6, 6.07) is 1.21. The number of alkyl halides is 2. The van der Waals surface area contributed by atoms with Gasteiger partial charge in [0.1, 0.15) is 9.39 Å². The number of hydrogen-bond donors (Lipinski definition) is 1. The van der Waals surface area contributed by atoms with Gasteiger partial charge in [-0.25, -0.2) is 18.6 Å². The summed E-state index contributed by atoms with van der Waals surface area (Å²) >= 11 is 1.63. The molecule has 0 aliphatic heterocycles. The van der Waals surface area contributed by atoms with Crippen molar-refractivity contribution in [1.29, 1.82) is 0 Å². The third-order valence-corrected chi connectivity index (χ3v) is 2.47. The second-order valence-electron chi connectivity index (χ2n) is 2.63. The molecule has 1 heterocycles. The average molecular weight is 313 g/mol. The van der Waals surface area contributed by atoms with E-state index in [-0.39, 0.29) is 20.5 Å². The number of halogens is 3. The van der Waals surface area contributed by atoms with E-state index in [0.29, 0.717) is 0 Å². The molecular formula is C8H6F2INO2. The highest BCUT2D eigenvalue weighted by Crippen LogP contribution is 2.23. The van der Waals surface area contributed by atoms with Gasteiger partial charge in [0.2, 0.25) is 0 Å². The number of carboxylic acids is 1. The molecule has 0 fully saturated rings. The number of rotatable bonds is 2. The number of aryl methyl sites for hydroxylation is 1. The molecule has 3 nitrogen and oxygen atoms in total. The Morgan fingerprint density at radius 1 is 1.64 bits per heavy atom. The van der Waals surface area contributed by atoms with Gasteiger partial charge in [0.15, 0.2) is 0 Å². The predicted molar refractivity (Wildman–Crippen MR) is 53.6 cm³/mol. The van der Waals surface area contributed by atoms with Crippen LogP contribution < -0.4 is 0 Å². The molecule has 76 valence electrons. The summed E-state index contributed by atoms with van der Waals surface area (Å²) in [6.07, 6.45) is -2.67. The molecule has 0 bridgehead atoms. The van der Waals surface area contributed by atoms with Gasteiger partial charge in [-0.3, -0.25) is 0 Å². The second kappa shape index (κ2) is 4.16. The number of aromatic carboxylic acids is 1. The number of pyridine rings is 1. The largest absolute Gasteiger partial charge is 0.478 e. The fraction of sp³-hybridized carbons (Fsp3) is 0.250. The van der Waals surface area contributed by atoms with Gasteiger partial charge in [-0.15, -0.1) is 0 Å². The van der Waals surface area contributed by atoms with Gasteiger partial charge in [0, 0.05) is 0 Å². The molecule has 1 rings (SSSR count). The van der Waals surface area contributed by atoms with Crippen LogP contribution in [0.4, 0.5) is 8.78 Å². The maximum atomic E-state index is 12.3. The standard InChI is InChI=1S/C8H6F2INO2/c1-3-2-4(8(13)14)7(11)12-5(3)6(9)10/h2,6H,1H3,(H,13,14). The third kappa shape index (κ3) is 2.17. The molecule has 14 heavy (non-hydrogen) atoms. The lowest BCUT2D eigenvalue weighted by Gasteiger charge is -2.06. The molecule has 0 saturated carbocycles. The van der Waals surface area contributed by atoms with E-state index in [1.807, 2.05) is 0 Å². The minimum absolute atomic E-state index is 0.0486. The van der Waals surface area contributed by atoms with Crippen molar-refractivity contribution in [2.45, 2.75) is 13.3 Å². The van der Waals surface area contributed by atoms with E-state index in [1.165, 1.54) is 13.0 Å². The maximum Gasteiger partial charge on any atom is 0.338 e. The summed E-state index contributed by atoms with van der Waals surface area (Å²) in [5.41, 5.74) is -0.218. The van der Waals surface area contributed by atoms with E-state index < -0.39 is 12.4 Å². The normalized spacial score (nSPS) is 10.6. The Kier molecular flexibility index (Phi) is 3.35. The lowest BCUT2D eigenvalue weighted by atomic mass is 10.1. The summed E-state index contributed by atoms with van der Waals surface area (Å²) in [4.78, 5) is 14.2. The summed E-state index contributed by atoms with van der Waals surface area (Å²) in [7, 11) is 0. The number of nitrogens with zero attached hydrogens (tertiary/aromatic N) is 1. The molecular weight excluding hydrogens is 307 g/mol. The molecule has 0 spiro atoms. The Morgan fingerprint density at radius 2 is 2.21 bits per heavy atom. The Balaban J connectivity index is 3.31. The highest BCUT2D eigenvalue weighted by atomic mass is 127. The average Bonchev–Trinajstić information content (AvgIpc) is 2.07. The van der Waals surface area contributed by atoms with Crippen LogP contribution in [0.3, 0.4) is 0 Å². The quantitative estimate of drug-likeness (QED) is 0.674. The Labute approximate surface area is 92.3 Å². The molecule has 1 aromatic heterocycles. The fourth-order valence-electron chi connectivity index (χ4n) is 0.975. The second-order valence-corrected chi connectivity index (χ2v) is 3.66. The van der Waals surface area contributed by atoms with Crippen LogP contribution in [0.5, 0.6) is 0 Å². The first-order valence-electron chi connectivity index (χ1n) is 3.62. The van der Waals surface area contributed by atoms with Gasteiger partial charge >= 0.3 is 5.97 Å². The molecule has 0 aliphatic rings. The Hall–Kier alpha value is -0.790. The zero-order valence-electron chi connectivity index (χ0n) is 7.09. The van der Waals surface area contributed by atoms with Gasteiger partial charge in [-0.1, -0.05) is 0 Å². The minimum atomic E-state index is -2.67. The van der Waals surface area contributed by atoms with E-state index in [1.54, 1.807) is 22.6 Å². The van der Waals surface area contributed by atoms with Gasteiger partial charge in [0.25, 0.3) is 6.43 Å². The first-order valence-corrected chi connectivity index (χ1v) is 4.70. The van der Waals surface area contributed by atoms with Crippen LogP contribution >= 0.6 is 22.6 Å². The number of aromatic nitrogens is 1. The summed E-state index contributed by atoms with van der Waals surface area (Å²) in [5, 5.41) is 8.69. The van der Waals surface area contributed by atoms with Crippen LogP contribution in [-0.4, -0.2) is 16.1 Å². The van der Waals surface area contributed by atoms with Gasteiger partial charge in [-0.2, -0.15) is 0 Å². The van der Waals surface area contributed by atoms with Gasteiger partial charge in [0.05, 0.1) is 5.56 Å². The Morgan fingerprint density at radius 3 is 2.64 bits per heavy atom. The molecule has 1 aromatic rings. The molecule has 6 heteroatoms. The zero-order valence-corrected chi connectivity index (χ0v) is 9.25. The van der Waals surface area contributed by atoms with Crippen molar-refractivity contribution in [1.82, 2.24) is 4.98 Å².